The van der Waals surface area contributed by atoms with Crippen LogP contribution in [0.25, 0.3) is 0 Å². The number of aryl methyl sites for hydroxylation is 1. The van der Waals surface area contributed by atoms with Gasteiger partial charge in [-0.25, -0.2) is 4.98 Å². The maximum absolute atomic E-state index is 5.61. The van der Waals surface area contributed by atoms with Crippen molar-refractivity contribution in [3.63, 3.8) is 0 Å². The highest BCUT2D eigenvalue weighted by molar-refractivity contribution is 7.09. The quantitative estimate of drug-likeness (QED) is 0.801. The van der Waals surface area contributed by atoms with Gasteiger partial charge in [0.15, 0.2) is 0 Å². The summed E-state index contributed by atoms with van der Waals surface area (Å²) in [6.45, 7) is 2.95. The van der Waals surface area contributed by atoms with E-state index in [1.807, 2.05) is 11.3 Å². The Bertz CT molecular complexity index is 289. The molecule has 1 fully saturated rings. The summed E-state index contributed by atoms with van der Waals surface area (Å²) in [7, 11) is 0. The van der Waals surface area contributed by atoms with Crippen molar-refractivity contribution in [2.75, 3.05) is 6.54 Å². The molecule has 0 aliphatic heterocycles. The van der Waals surface area contributed by atoms with Crippen molar-refractivity contribution in [1.29, 1.82) is 0 Å². The predicted molar refractivity (Wildman–Crippen MR) is 56.1 cm³/mol. The topological polar surface area (TPSA) is 38.9 Å². The molecule has 0 radical (unpaired) electrons. The molecule has 1 aliphatic carbocycles. The lowest BCUT2D eigenvalue weighted by molar-refractivity contribution is 0.622. The normalized spacial score (nSPS) is 18.9. The van der Waals surface area contributed by atoms with Crippen LogP contribution in [0.5, 0.6) is 0 Å². The molecule has 13 heavy (non-hydrogen) atoms. The molecule has 2 rings (SSSR count). The van der Waals surface area contributed by atoms with Gasteiger partial charge in [0.1, 0.15) is 0 Å². The monoisotopic (exact) mass is 196 g/mol. The van der Waals surface area contributed by atoms with Crippen molar-refractivity contribution in [2.24, 2.45) is 5.73 Å². The van der Waals surface area contributed by atoms with Gasteiger partial charge in [-0.2, -0.15) is 0 Å². The summed E-state index contributed by atoms with van der Waals surface area (Å²) in [5, 5.41) is 3.51. The van der Waals surface area contributed by atoms with Gasteiger partial charge in [0.25, 0.3) is 0 Å². The minimum Gasteiger partial charge on any atom is -0.330 e. The minimum atomic E-state index is 0.396. The molecule has 0 aromatic carbocycles. The summed E-state index contributed by atoms with van der Waals surface area (Å²) >= 11 is 1.82. The molecule has 1 aromatic heterocycles. The molecule has 3 heteroatoms. The first kappa shape index (κ1) is 9.16. The van der Waals surface area contributed by atoms with E-state index in [4.69, 9.17) is 5.73 Å². The molecule has 1 saturated carbocycles. The first-order chi connectivity index (χ1) is 6.30. The second-order valence-corrected chi connectivity index (χ2v) is 4.67. The number of nitrogens with zero attached hydrogens (tertiary/aromatic N) is 1. The summed E-state index contributed by atoms with van der Waals surface area (Å²) < 4.78 is 0. The van der Waals surface area contributed by atoms with Crippen molar-refractivity contribution in [3.05, 3.63) is 16.1 Å². The zero-order valence-corrected chi connectivity index (χ0v) is 8.86. The summed E-state index contributed by atoms with van der Waals surface area (Å²) in [5.41, 5.74) is 7.24. The van der Waals surface area contributed by atoms with Gasteiger partial charge in [-0.3, -0.25) is 0 Å². The van der Waals surface area contributed by atoms with E-state index in [2.05, 4.69) is 17.3 Å². The van der Waals surface area contributed by atoms with Crippen LogP contribution in [0.1, 0.15) is 36.9 Å². The second kappa shape index (κ2) is 3.39. The molecule has 1 aliphatic rings. The highest BCUT2D eigenvalue weighted by Crippen LogP contribution is 2.51. The van der Waals surface area contributed by atoms with Crippen LogP contribution in [0.15, 0.2) is 5.38 Å². The molecular formula is C10H16N2S. The molecule has 2 nitrogen and oxygen atoms in total. The fourth-order valence-corrected chi connectivity index (χ4v) is 2.90. The molecule has 0 spiro atoms. The Balaban J connectivity index is 2.15. The van der Waals surface area contributed by atoms with Gasteiger partial charge < -0.3 is 5.73 Å². The highest BCUT2D eigenvalue weighted by Gasteiger charge is 2.45. The number of thiazole rings is 1. The Morgan fingerprint density at radius 3 is 2.85 bits per heavy atom. The largest absolute Gasteiger partial charge is 0.330 e. The fraction of sp³-hybridized carbons (Fsp3) is 0.700. The van der Waals surface area contributed by atoms with Crippen molar-refractivity contribution >= 4 is 11.3 Å². The van der Waals surface area contributed by atoms with Crippen LogP contribution in [0.4, 0.5) is 0 Å². The number of nitrogens with two attached hydrogens (primary N) is 1. The molecule has 0 bridgehead atoms. The molecule has 1 aromatic rings. The van der Waals surface area contributed by atoms with Crippen molar-refractivity contribution in [3.8, 4) is 0 Å². The van der Waals surface area contributed by atoms with Gasteiger partial charge >= 0.3 is 0 Å². The maximum Gasteiger partial charge on any atom is 0.0990 e. The van der Waals surface area contributed by atoms with Crippen molar-refractivity contribution in [2.45, 2.75) is 38.0 Å². The predicted octanol–water partition coefficient (Wildman–Crippen LogP) is 2.09. The summed E-state index contributed by atoms with van der Waals surface area (Å²) in [5.74, 6) is 0. The Morgan fingerprint density at radius 1 is 1.62 bits per heavy atom. The standard InChI is InChI=1S/C10H16N2S/c1-2-8-7-13-9(12-8)10(3-4-10)5-6-11/h7H,2-6,11H2,1H3. The van der Waals surface area contributed by atoms with Gasteiger partial charge in [0.2, 0.25) is 0 Å². The van der Waals surface area contributed by atoms with E-state index in [1.165, 1.54) is 23.5 Å². The van der Waals surface area contributed by atoms with Crippen molar-refractivity contribution in [1.82, 2.24) is 4.98 Å². The number of hydrogen-bond acceptors (Lipinski definition) is 3. The highest BCUT2D eigenvalue weighted by atomic mass is 32.1. The Hall–Kier alpha value is -0.410. The SMILES string of the molecule is CCc1csc(C2(CCN)CC2)n1. The Morgan fingerprint density at radius 2 is 2.38 bits per heavy atom. The van der Waals surface area contributed by atoms with Crippen LogP contribution in [0, 0.1) is 0 Å². The van der Waals surface area contributed by atoms with Gasteiger partial charge in [0, 0.05) is 10.8 Å². The van der Waals surface area contributed by atoms with Gasteiger partial charge in [-0.15, -0.1) is 11.3 Å². The van der Waals surface area contributed by atoms with Crippen LogP contribution < -0.4 is 5.73 Å². The van der Waals surface area contributed by atoms with Crippen LogP contribution in [0.2, 0.25) is 0 Å². The molecule has 72 valence electrons. The fourth-order valence-electron chi connectivity index (χ4n) is 1.71. The number of rotatable bonds is 4. The lowest BCUT2D eigenvalue weighted by Gasteiger charge is -2.08. The van der Waals surface area contributed by atoms with Crippen molar-refractivity contribution < 1.29 is 0 Å². The zero-order chi connectivity index (χ0) is 9.31. The van der Waals surface area contributed by atoms with Gasteiger partial charge in [0.05, 0.1) is 10.7 Å². The summed E-state index contributed by atoms with van der Waals surface area (Å²) in [4.78, 5) is 4.64. The maximum atomic E-state index is 5.61. The molecule has 2 N–H and O–H groups in total. The second-order valence-electron chi connectivity index (χ2n) is 3.82. The van der Waals surface area contributed by atoms with E-state index in [9.17, 15) is 0 Å². The number of hydrogen-bond donors (Lipinski definition) is 1. The Labute approximate surface area is 83.2 Å². The summed E-state index contributed by atoms with van der Waals surface area (Å²) in [6, 6.07) is 0. The minimum absolute atomic E-state index is 0.396. The van der Waals surface area contributed by atoms with Crippen LogP contribution in [-0.4, -0.2) is 11.5 Å². The summed E-state index contributed by atoms with van der Waals surface area (Å²) in [6.07, 6.45) is 4.75. The zero-order valence-electron chi connectivity index (χ0n) is 8.05. The van der Waals surface area contributed by atoms with E-state index in [-0.39, 0.29) is 0 Å². The Kier molecular flexibility index (Phi) is 2.39. The van der Waals surface area contributed by atoms with E-state index in [1.54, 1.807) is 0 Å². The lowest BCUT2D eigenvalue weighted by Crippen LogP contribution is -2.13. The first-order valence-electron chi connectivity index (χ1n) is 4.96. The molecule has 0 amide bonds. The molecule has 0 unspecified atom stereocenters. The first-order valence-corrected chi connectivity index (χ1v) is 5.83. The average molecular weight is 196 g/mol. The molecule has 0 atom stereocenters. The molecule has 0 saturated heterocycles. The molecular weight excluding hydrogens is 180 g/mol. The van der Waals surface area contributed by atoms with Crippen LogP contribution in [0.3, 0.4) is 0 Å². The van der Waals surface area contributed by atoms with Crippen LogP contribution >= 0.6 is 11.3 Å². The smallest absolute Gasteiger partial charge is 0.0990 e. The van der Waals surface area contributed by atoms with Gasteiger partial charge in [-0.05, 0) is 32.2 Å². The third-order valence-electron chi connectivity index (χ3n) is 2.84. The van der Waals surface area contributed by atoms with Gasteiger partial charge in [-0.1, -0.05) is 6.92 Å². The van der Waals surface area contributed by atoms with E-state index >= 15 is 0 Å². The van der Waals surface area contributed by atoms with E-state index in [0.29, 0.717) is 5.41 Å². The molecule has 1 heterocycles. The number of aromatic nitrogens is 1. The van der Waals surface area contributed by atoms with E-state index in [0.717, 1.165) is 19.4 Å². The van der Waals surface area contributed by atoms with Crippen LogP contribution in [-0.2, 0) is 11.8 Å². The average Bonchev–Trinajstić information content (AvgIpc) is 2.78. The third kappa shape index (κ3) is 1.63. The van der Waals surface area contributed by atoms with E-state index < -0.39 is 0 Å². The lowest BCUT2D eigenvalue weighted by atomic mass is 10.0. The third-order valence-corrected chi connectivity index (χ3v) is 3.98.